The molecule has 132 valence electrons. The second kappa shape index (κ2) is 8.21. The molecular formula is C19H22ClN3OS. The van der Waals surface area contributed by atoms with Crippen LogP contribution in [0.5, 0.6) is 0 Å². The van der Waals surface area contributed by atoms with Gasteiger partial charge in [-0.25, -0.2) is 0 Å². The molecule has 2 unspecified atom stereocenters. The Bertz CT molecular complexity index is 728. The molecule has 1 amide bonds. The molecule has 6 heteroatoms. The van der Waals surface area contributed by atoms with E-state index in [2.05, 4.69) is 34.6 Å². The first kappa shape index (κ1) is 18.2. The fourth-order valence-electron chi connectivity index (χ4n) is 3.59. The van der Waals surface area contributed by atoms with E-state index in [1.54, 1.807) is 18.0 Å². The van der Waals surface area contributed by atoms with Crippen LogP contribution in [-0.4, -0.2) is 41.2 Å². The lowest BCUT2D eigenvalue weighted by Crippen LogP contribution is -2.50. The number of nitrogens with zero attached hydrogens (tertiary/aromatic N) is 2. The van der Waals surface area contributed by atoms with Gasteiger partial charge in [-0.05, 0) is 34.9 Å². The fraction of sp³-hybridized carbons (Fsp3) is 0.368. The Morgan fingerprint density at radius 3 is 2.96 bits per heavy atom. The van der Waals surface area contributed by atoms with E-state index >= 15 is 0 Å². The largest absolute Gasteiger partial charge is 0.332 e. The minimum atomic E-state index is -0.0766. The maximum absolute atomic E-state index is 13.4. The summed E-state index contributed by atoms with van der Waals surface area (Å²) in [5.74, 6) is 1.25. The number of hydrogen-bond acceptors (Lipinski definition) is 4. The Kier molecular flexibility index (Phi) is 5.99. The van der Waals surface area contributed by atoms with E-state index in [1.807, 2.05) is 23.2 Å². The predicted octanol–water partition coefficient (Wildman–Crippen LogP) is 3.01. The average Bonchev–Trinajstić information content (AvgIpc) is 2.68. The van der Waals surface area contributed by atoms with E-state index in [9.17, 15) is 4.79 Å². The molecule has 1 aromatic carbocycles. The molecule has 25 heavy (non-hydrogen) atoms. The van der Waals surface area contributed by atoms with Crippen LogP contribution >= 0.6 is 24.2 Å². The van der Waals surface area contributed by atoms with Gasteiger partial charge in [0.2, 0.25) is 5.91 Å². The molecule has 2 aliphatic rings. The van der Waals surface area contributed by atoms with E-state index in [0.717, 1.165) is 37.4 Å². The molecule has 1 saturated heterocycles. The predicted molar refractivity (Wildman–Crippen MR) is 104 cm³/mol. The zero-order valence-electron chi connectivity index (χ0n) is 13.9. The first-order valence-corrected chi connectivity index (χ1v) is 9.50. The number of nitrogens with one attached hydrogen (secondary N) is 1. The molecule has 2 aliphatic heterocycles. The monoisotopic (exact) mass is 375 g/mol. The zero-order chi connectivity index (χ0) is 16.4. The van der Waals surface area contributed by atoms with Crippen molar-refractivity contribution in [2.45, 2.75) is 17.7 Å². The van der Waals surface area contributed by atoms with Gasteiger partial charge in [-0.1, -0.05) is 30.3 Å². The molecule has 4 nitrogen and oxygen atoms in total. The van der Waals surface area contributed by atoms with Gasteiger partial charge < -0.3 is 10.2 Å². The van der Waals surface area contributed by atoms with E-state index in [1.165, 1.54) is 11.1 Å². The number of amides is 1. The number of carbonyl (C=O) groups is 1. The summed E-state index contributed by atoms with van der Waals surface area (Å²) in [7, 11) is 0. The normalized spacial score (nSPS) is 22.6. The molecule has 0 bridgehead atoms. The Labute approximate surface area is 158 Å². The van der Waals surface area contributed by atoms with Gasteiger partial charge in [0.1, 0.15) is 5.25 Å². The van der Waals surface area contributed by atoms with Crippen molar-refractivity contribution in [2.75, 3.05) is 25.4 Å². The van der Waals surface area contributed by atoms with Gasteiger partial charge in [-0.2, -0.15) is 0 Å². The lowest BCUT2D eigenvalue weighted by atomic mass is 9.99. The second-order valence-corrected chi connectivity index (χ2v) is 7.45. The third kappa shape index (κ3) is 3.68. The zero-order valence-corrected chi connectivity index (χ0v) is 15.6. The highest BCUT2D eigenvalue weighted by atomic mass is 35.5. The molecule has 4 rings (SSSR count). The minimum Gasteiger partial charge on any atom is -0.332 e. The lowest BCUT2D eigenvalue weighted by Gasteiger charge is -2.39. The topological polar surface area (TPSA) is 45.2 Å². The molecule has 0 spiro atoms. The van der Waals surface area contributed by atoms with Crippen LogP contribution in [0, 0.1) is 0 Å². The van der Waals surface area contributed by atoms with Gasteiger partial charge >= 0.3 is 0 Å². The molecule has 0 aliphatic carbocycles. The molecule has 1 N–H and O–H groups in total. The van der Waals surface area contributed by atoms with E-state index in [-0.39, 0.29) is 29.6 Å². The summed E-state index contributed by atoms with van der Waals surface area (Å²) in [5, 5.41) is 3.34. The summed E-state index contributed by atoms with van der Waals surface area (Å²) in [6.45, 7) is 2.38. The van der Waals surface area contributed by atoms with Crippen LogP contribution in [0.1, 0.15) is 28.0 Å². The van der Waals surface area contributed by atoms with Crippen LogP contribution in [0.25, 0.3) is 0 Å². The lowest BCUT2D eigenvalue weighted by molar-refractivity contribution is -0.134. The average molecular weight is 376 g/mol. The molecule has 1 aromatic heterocycles. The van der Waals surface area contributed by atoms with E-state index in [0.29, 0.717) is 0 Å². The van der Waals surface area contributed by atoms with Crippen molar-refractivity contribution in [3.63, 3.8) is 0 Å². The number of benzene rings is 1. The SMILES string of the molecule is Cl.O=C(C1SCCc2ccccc21)N1CCNCC1c1cccnc1. The maximum Gasteiger partial charge on any atom is 0.240 e. The highest BCUT2D eigenvalue weighted by Gasteiger charge is 2.35. The quantitative estimate of drug-likeness (QED) is 0.876. The highest BCUT2D eigenvalue weighted by molar-refractivity contribution is 8.00. The van der Waals surface area contributed by atoms with Crippen molar-refractivity contribution in [3.8, 4) is 0 Å². The summed E-state index contributed by atoms with van der Waals surface area (Å²) in [6, 6.07) is 12.5. The molecule has 2 atom stereocenters. The molecule has 3 heterocycles. The number of pyridine rings is 1. The van der Waals surface area contributed by atoms with Crippen molar-refractivity contribution >= 4 is 30.1 Å². The highest BCUT2D eigenvalue weighted by Crippen LogP contribution is 2.39. The molecular weight excluding hydrogens is 354 g/mol. The smallest absolute Gasteiger partial charge is 0.240 e. The summed E-state index contributed by atoms with van der Waals surface area (Å²) in [4.78, 5) is 19.6. The van der Waals surface area contributed by atoms with Gasteiger partial charge in [0.15, 0.2) is 0 Å². The number of aromatic nitrogens is 1. The van der Waals surface area contributed by atoms with E-state index in [4.69, 9.17) is 0 Å². The van der Waals surface area contributed by atoms with Gasteiger partial charge in [0.05, 0.1) is 6.04 Å². The molecule has 0 saturated carbocycles. The van der Waals surface area contributed by atoms with Gasteiger partial charge in [0, 0.05) is 32.0 Å². The van der Waals surface area contributed by atoms with Crippen LogP contribution < -0.4 is 5.32 Å². The van der Waals surface area contributed by atoms with Crippen LogP contribution in [0.4, 0.5) is 0 Å². The number of carbonyl (C=O) groups excluding carboxylic acids is 1. The summed E-state index contributed by atoms with van der Waals surface area (Å²) in [6.07, 6.45) is 4.71. The first-order valence-electron chi connectivity index (χ1n) is 8.45. The number of thioether (sulfide) groups is 1. The number of halogens is 1. The van der Waals surface area contributed by atoms with Crippen molar-refractivity contribution in [1.29, 1.82) is 0 Å². The van der Waals surface area contributed by atoms with Gasteiger partial charge in [-0.15, -0.1) is 24.2 Å². The Morgan fingerprint density at radius 2 is 2.12 bits per heavy atom. The number of hydrogen-bond donors (Lipinski definition) is 1. The van der Waals surface area contributed by atoms with Crippen molar-refractivity contribution < 1.29 is 4.79 Å². The number of fused-ring (bicyclic) bond motifs is 1. The van der Waals surface area contributed by atoms with Crippen molar-refractivity contribution in [3.05, 3.63) is 65.5 Å². The number of rotatable bonds is 2. The van der Waals surface area contributed by atoms with Crippen molar-refractivity contribution in [2.24, 2.45) is 0 Å². The first-order chi connectivity index (χ1) is 11.8. The van der Waals surface area contributed by atoms with Crippen LogP contribution in [0.15, 0.2) is 48.8 Å². The number of aryl methyl sites for hydroxylation is 1. The third-order valence-electron chi connectivity index (χ3n) is 4.81. The Balaban J connectivity index is 0.00000182. The summed E-state index contributed by atoms with van der Waals surface area (Å²) >= 11 is 1.78. The summed E-state index contributed by atoms with van der Waals surface area (Å²) in [5.41, 5.74) is 3.62. The molecule has 0 radical (unpaired) electrons. The molecule has 1 fully saturated rings. The Morgan fingerprint density at radius 1 is 1.24 bits per heavy atom. The van der Waals surface area contributed by atoms with Crippen LogP contribution in [0.3, 0.4) is 0 Å². The Hall–Kier alpha value is -1.56. The van der Waals surface area contributed by atoms with Crippen LogP contribution in [-0.2, 0) is 11.2 Å². The second-order valence-electron chi connectivity index (χ2n) is 6.24. The van der Waals surface area contributed by atoms with Crippen molar-refractivity contribution in [1.82, 2.24) is 15.2 Å². The third-order valence-corrected chi connectivity index (χ3v) is 6.04. The maximum atomic E-state index is 13.4. The fourth-order valence-corrected chi connectivity index (χ4v) is 4.85. The standard InChI is InChI=1S/C19H21N3OS.ClH/c23-19(18-16-6-2-1-4-14(16)7-11-24-18)22-10-9-21-13-17(22)15-5-3-8-20-12-15;/h1-6,8,12,17-18,21H,7,9-11,13H2;1H. The molecule has 2 aromatic rings. The van der Waals surface area contributed by atoms with Gasteiger partial charge in [-0.3, -0.25) is 9.78 Å². The van der Waals surface area contributed by atoms with Crippen LogP contribution in [0.2, 0.25) is 0 Å². The van der Waals surface area contributed by atoms with Gasteiger partial charge in [0.25, 0.3) is 0 Å². The minimum absolute atomic E-state index is 0. The summed E-state index contributed by atoms with van der Waals surface area (Å²) < 4.78 is 0. The number of piperazine rings is 1. The van der Waals surface area contributed by atoms with E-state index < -0.39 is 0 Å².